The van der Waals surface area contributed by atoms with Gasteiger partial charge in [0.15, 0.2) is 5.13 Å². The number of benzene rings is 1. The van der Waals surface area contributed by atoms with Crippen molar-refractivity contribution >= 4 is 44.2 Å². The Hall–Kier alpha value is -2.03. The van der Waals surface area contributed by atoms with E-state index in [2.05, 4.69) is 10.1 Å². The summed E-state index contributed by atoms with van der Waals surface area (Å²) < 4.78 is 8.22. The average molecular weight is 392 g/mol. The van der Waals surface area contributed by atoms with Crippen LogP contribution in [0.2, 0.25) is 5.02 Å². The molecule has 0 N–H and O–H groups in total. The molecule has 2 aromatic heterocycles. The first-order valence-corrected chi connectivity index (χ1v) is 9.60. The van der Waals surface area contributed by atoms with Crippen LogP contribution in [0.25, 0.3) is 10.2 Å². The zero-order valence-electron chi connectivity index (χ0n) is 14.3. The summed E-state index contributed by atoms with van der Waals surface area (Å²) in [6.45, 7) is 3.31. The minimum atomic E-state index is -0.0891. The standard InChI is InChI=1S/C17H18ClN5O2S/c1-11-5-12(18)6-14-16(11)21-17(26-14)23(7-13-3-2-4-25-13)15(24)8-22-10-19-9-20-22/h5-6,9-10,13H,2-4,7-8H2,1H3. The van der Waals surface area contributed by atoms with E-state index in [0.29, 0.717) is 16.7 Å². The Kier molecular flexibility index (Phi) is 4.88. The van der Waals surface area contributed by atoms with E-state index in [-0.39, 0.29) is 18.6 Å². The number of aryl methyl sites for hydroxylation is 1. The summed E-state index contributed by atoms with van der Waals surface area (Å²) in [5.74, 6) is -0.0891. The van der Waals surface area contributed by atoms with Crippen molar-refractivity contribution in [2.24, 2.45) is 0 Å². The minimum Gasteiger partial charge on any atom is -0.376 e. The molecule has 3 aromatic rings. The monoisotopic (exact) mass is 391 g/mol. The van der Waals surface area contributed by atoms with Gasteiger partial charge in [-0.15, -0.1) is 0 Å². The lowest BCUT2D eigenvalue weighted by molar-refractivity contribution is -0.119. The van der Waals surface area contributed by atoms with Crippen molar-refractivity contribution in [1.82, 2.24) is 19.7 Å². The van der Waals surface area contributed by atoms with E-state index < -0.39 is 0 Å². The van der Waals surface area contributed by atoms with Gasteiger partial charge in [-0.05, 0) is 37.5 Å². The van der Waals surface area contributed by atoms with E-state index in [9.17, 15) is 4.79 Å². The molecule has 0 saturated carbocycles. The highest BCUT2D eigenvalue weighted by Crippen LogP contribution is 2.33. The SMILES string of the molecule is Cc1cc(Cl)cc2sc(N(CC3CCCO3)C(=O)Cn3cncn3)nc12. The van der Waals surface area contributed by atoms with Crippen molar-refractivity contribution in [1.29, 1.82) is 0 Å². The summed E-state index contributed by atoms with van der Waals surface area (Å²) in [5, 5.41) is 5.35. The minimum absolute atomic E-state index is 0.0337. The first-order chi connectivity index (χ1) is 12.6. The Labute approximate surface area is 159 Å². The Bertz CT molecular complexity index is 921. The number of halogens is 1. The van der Waals surface area contributed by atoms with Gasteiger partial charge in [-0.2, -0.15) is 5.10 Å². The van der Waals surface area contributed by atoms with Crippen LogP contribution in [0, 0.1) is 6.92 Å². The number of rotatable bonds is 5. The van der Waals surface area contributed by atoms with Gasteiger partial charge in [0.1, 0.15) is 19.2 Å². The van der Waals surface area contributed by atoms with Crippen molar-refractivity contribution in [3.63, 3.8) is 0 Å². The van der Waals surface area contributed by atoms with Crippen molar-refractivity contribution in [2.75, 3.05) is 18.1 Å². The van der Waals surface area contributed by atoms with Crippen LogP contribution in [0.3, 0.4) is 0 Å². The molecule has 1 unspecified atom stereocenters. The van der Waals surface area contributed by atoms with Gasteiger partial charge < -0.3 is 4.74 Å². The molecule has 1 aromatic carbocycles. The maximum absolute atomic E-state index is 12.9. The highest BCUT2D eigenvalue weighted by Gasteiger charge is 2.26. The third kappa shape index (κ3) is 3.58. The van der Waals surface area contributed by atoms with E-state index >= 15 is 0 Å². The van der Waals surface area contributed by atoms with Crippen LogP contribution in [0.15, 0.2) is 24.8 Å². The molecule has 1 fully saturated rings. The van der Waals surface area contributed by atoms with Crippen LogP contribution in [-0.4, -0.2) is 44.9 Å². The van der Waals surface area contributed by atoms with E-state index in [0.717, 1.165) is 35.2 Å². The third-order valence-corrected chi connectivity index (χ3v) is 5.59. The molecule has 1 atom stereocenters. The van der Waals surface area contributed by atoms with Crippen molar-refractivity contribution < 1.29 is 9.53 Å². The number of carbonyl (C=O) groups is 1. The number of hydrogen-bond donors (Lipinski definition) is 0. The molecule has 9 heteroatoms. The lowest BCUT2D eigenvalue weighted by Gasteiger charge is -2.22. The van der Waals surface area contributed by atoms with Gasteiger partial charge in [0.2, 0.25) is 0 Å². The summed E-state index contributed by atoms with van der Waals surface area (Å²) in [6.07, 6.45) is 4.95. The Balaban J connectivity index is 1.67. The molecule has 0 aliphatic carbocycles. The molecule has 7 nitrogen and oxygen atoms in total. The summed E-state index contributed by atoms with van der Waals surface area (Å²) in [7, 11) is 0. The van der Waals surface area contributed by atoms with Gasteiger partial charge in [-0.3, -0.25) is 9.69 Å². The quantitative estimate of drug-likeness (QED) is 0.668. The van der Waals surface area contributed by atoms with Gasteiger partial charge in [0, 0.05) is 11.6 Å². The van der Waals surface area contributed by atoms with Crippen LogP contribution in [0.5, 0.6) is 0 Å². The van der Waals surface area contributed by atoms with E-state index in [1.165, 1.54) is 28.7 Å². The number of anilines is 1. The molecule has 0 spiro atoms. The Morgan fingerprint density at radius 2 is 2.38 bits per heavy atom. The van der Waals surface area contributed by atoms with Crippen molar-refractivity contribution in [3.8, 4) is 0 Å². The molecule has 26 heavy (non-hydrogen) atoms. The van der Waals surface area contributed by atoms with Crippen molar-refractivity contribution in [3.05, 3.63) is 35.4 Å². The number of fused-ring (bicyclic) bond motifs is 1. The third-order valence-electron chi connectivity index (χ3n) is 4.34. The number of hydrogen-bond acceptors (Lipinski definition) is 6. The fourth-order valence-electron chi connectivity index (χ4n) is 3.07. The fourth-order valence-corrected chi connectivity index (χ4v) is 4.52. The van der Waals surface area contributed by atoms with Crippen LogP contribution >= 0.6 is 22.9 Å². The number of ether oxygens (including phenoxy) is 1. The molecule has 1 amide bonds. The van der Waals surface area contributed by atoms with Crippen molar-refractivity contribution in [2.45, 2.75) is 32.4 Å². The largest absolute Gasteiger partial charge is 0.376 e. The molecular formula is C17H18ClN5O2S. The van der Waals surface area contributed by atoms with Gasteiger partial charge in [-0.25, -0.2) is 14.6 Å². The second-order valence-electron chi connectivity index (χ2n) is 6.30. The number of amides is 1. The predicted octanol–water partition coefficient (Wildman–Crippen LogP) is 3.06. The number of nitrogens with zero attached hydrogens (tertiary/aromatic N) is 5. The second kappa shape index (κ2) is 7.30. The van der Waals surface area contributed by atoms with Crippen LogP contribution in [0.1, 0.15) is 18.4 Å². The molecule has 3 heterocycles. The van der Waals surface area contributed by atoms with Gasteiger partial charge in [0.05, 0.1) is 22.9 Å². The molecule has 1 aliphatic heterocycles. The molecule has 1 aliphatic rings. The summed E-state index contributed by atoms with van der Waals surface area (Å²) in [5.41, 5.74) is 1.87. The summed E-state index contributed by atoms with van der Waals surface area (Å²) in [6, 6.07) is 3.77. The first-order valence-electron chi connectivity index (χ1n) is 8.41. The van der Waals surface area contributed by atoms with Gasteiger partial charge in [0.25, 0.3) is 5.91 Å². The number of thiazole rings is 1. The van der Waals surface area contributed by atoms with Gasteiger partial charge >= 0.3 is 0 Å². The normalized spacial score (nSPS) is 17.1. The molecular weight excluding hydrogens is 374 g/mol. The lowest BCUT2D eigenvalue weighted by Crippen LogP contribution is -2.39. The second-order valence-corrected chi connectivity index (χ2v) is 7.74. The molecule has 136 valence electrons. The molecule has 4 rings (SSSR count). The zero-order chi connectivity index (χ0) is 18.1. The van der Waals surface area contributed by atoms with E-state index in [1.807, 2.05) is 19.1 Å². The zero-order valence-corrected chi connectivity index (χ0v) is 15.8. The number of aromatic nitrogens is 4. The fraction of sp³-hybridized carbons (Fsp3) is 0.412. The highest BCUT2D eigenvalue weighted by molar-refractivity contribution is 7.22. The lowest BCUT2D eigenvalue weighted by atomic mass is 10.2. The van der Waals surface area contributed by atoms with E-state index in [4.69, 9.17) is 21.3 Å². The van der Waals surface area contributed by atoms with Crippen LogP contribution in [-0.2, 0) is 16.1 Å². The maximum Gasteiger partial charge on any atom is 0.250 e. The smallest absolute Gasteiger partial charge is 0.250 e. The highest BCUT2D eigenvalue weighted by atomic mass is 35.5. The summed E-state index contributed by atoms with van der Waals surface area (Å²) >= 11 is 7.63. The number of carbonyl (C=O) groups excluding carboxylic acids is 1. The molecule has 0 radical (unpaired) electrons. The van der Waals surface area contributed by atoms with Gasteiger partial charge in [-0.1, -0.05) is 22.9 Å². The average Bonchev–Trinajstić information content (AvgIpc) is 3.33. The van der Waals surface area contributed by atoms with Crippen LogP contribution in [0.4, 0.5) is 5.13 Å². The molecule has 1 saturated heterocycles. The Morgan fingerprint density at radius 1 is 1.50 bits per heavy atom. The maximum atomic E-state index is 12.9. The van der Waals surface area contributed by atoms with E-state index in [1.54, 1.807) is 4.90 Å². The van der Waals surface area contributed by atoms with Crippen LogP contribution < -0.4 is 4.90 Å². The predicted molar refractivity (Wildman–Crippen MR) is 101 cm³/mol. The topological polar surface area (TPSA) is 73.1 Å². The first kappa shape index (κ1) is 17.4. The summed E-state index contributed by atoms with van der Waals surface area (Å²) in [4.78, 5) is 23.3. The molecule has 0 bridgehead atoms. The Morgan fingerprint density at radius 3 is 3.12 bits per heavy atom.